The fraction of sp³-hybridized carbons (Fsp3) is 0.440. The number of rotatable bonds is 9. The second-order valence-electron chi connectivity index (χ2n) is 8.16. The van der Waals surface area contributed by atoms with Crippen LogP contribution in [0.4, 0.5) is 4.79 Å². The molecular formula is C25H34N4O4. The minimum atomic E-state index is -0.177. The number of nitrogens with zero attached hydrogens (tertiary/aromatic N) is 3. The molecule has 3 rings (SSSR count). The highest BCUT2D eigenvalue weighted by atomic mass is 16.5. The fourth-order valence-corrected chi connectivity index (χ4v) is 3.90. The Kier molecular flexibility index (Phi) is 8.95. The van der Waals surface area contributed by atoms with Crippen LogP contribution in [0, 0.1) is 0 Å². The molecule has 2 aromatic carbocycles. The molecule has 0 radical (unpaired) electrons. The molecule has 1 N–H and O–H groups in total. The van der Waals surface area contributed by atoms with E-state index in [2.05, 4.69) is 10.2 Å². The molecule has 1 saturated heterocycles. The molecule has 1 heterocycles. The van der Waals surface area contributed by atoms with Crippen molar-refractivity contribution < 1.29 is 19.1 Å². The van der Waals surface area contributed by atoms with Crippen molar-refractivity contribution in [3.63, 3.8) is 0 Å². The zero-order valence-electron chi connectivity index (χ0n) is 19.8. The van der Waals surface area contributed by atoms with Crippen molar-refractivity contribution >= 4 is 11.9 Å². The highest BCUT2D eigenvalue weighted by molar-refractivity contribution is 5.78. The molecule has 8 nitrogen and oxygen atoms in total. The predicted molar refractivity (Wildman–Crippen MR) is 127 cm³/mol. The molecule has 178 valence electrons. The molecule has 0 spiro atoms. The second kappa shape index (κ2) is 12.1. The summed E-state index contributed by atoms with van der Waals surface area (Å²) < 4.78 is 10.8. The lowest BCUT2D eigenvalue weighted by Gasteiger charge is -2.35. The molecule has 3 amide bonds. The number of carbonyl (C=O) groups is 2. The molecule has 0 aliphatic carbocycles. The molecule has 33 heavy (non-hydrogen) atoms. The van der Waals surface area contributed by atoms with E-state index in [1.165, 1.54) is 0 Å². The van der Waals surface area contributed by atoms with E-state index in [0.29, 0.717) is 32.6 Å². The van der Waals surface area contributed by atoms with Crippen molar-refractivity contribution in [3.8, 4) is 11.5 Å². The molecule has 0 atom stereocenters. The van der Waals surface area contributed by atoms with Crippen LogP contribution in [0.25, 0.3) is 0 Å². The Bertz CT molecular complexity index is 914. The van der Waals surface area contributed by atoms with Gasteiger partial charge in [0.2, 0.25) is 5.91 Å². The fourth-order valence-electron chi connectivity index (χ4n) is 3.90. The van der Waals surface area contributed by atoms with Crippen LogP contribution in [-0.2, 0) is 17.9 Å². The maximum absolute atomic E-state index is 12.6. The third-order valence-corrected chi connectivity index (χ3v) is 5.83. The van der Waals surface area contributed by atoms with Gasteiger partial charge in [-0.2, -0.15) is 0 Å². The van der Waals surface area contributed by atoms with Gasteiger partial charge in [0.05, 0.1) is 14.2 Å². The Morgan fingerprint density at radius 3 is 2.39 bits per heavy atom. The summed E-state index contributed by atoms with van der Waals surface area (Å²) in [5.74, 6) is 1.71. The number of hydrogen-bond donors (Lipinski definition) is 1. The molecule has 1 fully saturated rings. The van der Waals surface area contributed by atoms with E-state index in [1.807, 2.05) is 53.4 Å². The third-order valence-electron chi connectivity index (χ3n) is 5.83. The summed E-state index contributed by atoms with van der Waals surface area (Å²) in [6, 6.07) is 15.4. The number of methoxy groups -OCH3 is 2. The Balaban J connectivity index is 1.38. The number of amides is 3. The minimum absolute atomic E-state index is 0.0691. The molecule has 0 aromatic heterocycles. The van der Waals surface area contributed by atoms with Gasteiger partial charge in [0, 0.05) is 64.8 Å². The van der Waals surface area contributed by atoms with E-state index in [4.69, 9.17) is 9.47 Å². The molecular weight excluding hydrogens is 420 g/mol. The summed E-state index contributed by atoms with van der Waals surface area (Å²) >= 11 is 0. The first-order valence-corrected chi connectivity index (χ1v) is 11.2. The Labute approximate surface area is 196 Å². The van der Waals surface area contributed by atoms with Crippen LogP contribution in [0.1, 0.15) is 17.5 Å². The first kappa shape index (κ1) is 24.4. The van der Waals surface area contributed by atoms with E-state index in [0.717, 1.165) is 42.3 Å². The first-order valence-electron chi connectivity index (χ1n) is 11.2. The van der Waals surface area contributed by atoms with Crippen LogP contribution in [-0.4, -0.2) is 80.6 Å². The number of urea groups is 1. The number of carbonyl (C=O) groups excluding carboxylic acids is 2. The average molecular weight is 455 g/mol. The second-order valence-corrected chi connectivity index (χ2v) is 8.16. The Hall–Kier alpha value is -3.26. The zero-order chi connectivity index (χ0) is 23.6. The molecule has 0 saturated carbocycles. The van der Waals surface area contributed by atoms with E-state index < -0.39 is 0 Å². The lowest BCUT2D eigenvalue weighted by Crippen LogP contribution is -2.49. The van der Waals surface area contributed by atoms with Crippen molar-refractivity contribution in [3.05, 3.63) is 59.7 Å². The molecule has 0 unspecified atom stereocenters. The normalized spacial score (nSPS) is 14.0. The van der Waals surface area contributed by atoms with Gasteiger partial charge in [-0.1, -0.05) is 30.3 Å². The van der Waals surface area contributed by atoms with Crippen molar-refractivity contribution in [1.29, 1.82) is 0 Å². The smallest absolute Gasteiger partial charge is 0.317 e. The van der Waals surface area contributed by atoms with Crippen molar-refractivity contribution in [2.45, 2.75) is 19.5 Å². The van der Waals surface area contributed by atoms with Gasteiger partial charge in [-0.05, 0) is 23.8 Å². The lowest BCUT2D eigenvalue weighted by molar-refractivity contribution is -0.132. The SMILES string of the molecule is COc1ccc(OC)c(CN2CCN(C(=O)CCNC(=O)N(C)Cc3ccccc3)CC2)c1. The van der Waals surface area contributed by atoms with Crippen LogP contribution in [0.5, 0.6) is 11.5 Å². The van der Waals surface area contributed by atoms with Gasteiger partial charge in [-0.3, -0.25) is 9.69 Å². The van der Waals surface area contributed by atoms with Gasteiger partial charge in [0.25, 0.3) is 0 Å². The standard InChI is InChI=1S/C25H34N4O4/c1-27(18-20-7-5-4-6-8-20)25(31)26-12-11-24(30)29-15-13-28(14-16-29)19-21-17-22(32-2)9-10-23(21)33-3/h4-10,17H,11-16,18-19H2,1-3H3,(H,26,31). The third kappa shape index (κ3) is 7.12. The number of ether oxygens (including phenoxy) is 2. The van der Waals surface area contributed by atoms with Crippen LogP contribution in [0.2, 0.25) is 0 Å². The topological polar surface area (TPSA) is 74.4 Å². The summed E-state index contributed by atoms with van der Waals surface area (Å²) in [7, 11) is 5.07. The summed E-state index contributed by atoms with van der Waals surface area (Å²) in [4.78, 5) is 30.7. The highest BCUT2D eigenvalue weighted by Gasteiger charge is 2.22. The maximum atomic E-state index is 12.6. The molecule has 2 aromatic rings. The summed E-state index contributed by atoms with van der Waals surface area (Å²) in [5, 5.41) is 2.84. The summed E-state index contributed by atoms with van der Waals surface area (Å²) in [5.41, 5.74) is 2.13. The van der Waals surface area contributed by atoms with Gasteiger partial charge in [0.15, 0.2) is 0 Å². The molecule has 1 aliphatic rings. The first-order chi connectivity index (χ1) is 16.0. The largest absolute Gasteiger partial charge is 0.497 e. The number of piperazine rings is 1. The van der Waals surface area contributed by atoms with Gasteiger partial charge >= 0.3 is 6.03 Å². The van der Waals surface area contributed by atoms with Crippen LogP contribution in [0.3, 0.4) is 0 Å². The van der Waals surface area contributed by atoms with Gasteiger partial charge in [-0.15, -0.1) is 0 Å². The summed E-state index contributed by atoms with van der Waals surface area (Å²) in [6.45, 7) is 4.53. The Morgan fingerprint density at radius 2 is 1.73 bits per heavy atom. The molecule has 0 bridgehead atoms. The Morgan fingerprint density at radius 1 is 1.00 bits per heavy atom. The molecule has 1 aliphatic heterocycles. The van der Waals surface area contributed by atoms with Crippen LogP contribution in [0.15, 0.2) is 48.5 Å². The average Bonchev–Trinajstić information content (AvgIpc) is 2.84. The van der Waals surface area contributed by atoms with Crippen LogP contribution >= 0.6 is 0 Å². The number of hydrogen-bond acceptors (Lipinski definition) is 5. The lowest BCUT2D eigenvalue weighted by atomic mass is 10.1. The number of benzene rings is 2. The quantitative estimate of drug-likeness (QED) is 0.631. The number of nitrogens with one attached hydrogen (secondary N) is 1. The van der Waals surface area contributed by atoms with E-state index >= 15 is 0 Å². The van der Waals surface area contributed by atoms with E-state index in [1.54, 1.807) is 26.2 Å². The van der Waals surface area contributed by atoms with E-state index in [-0.39, 0.29) is 11.9 Å². The monoisotopic (exact) mass is 454 g/mol. The van der Waals surface area contributed by atoms with Gasteiger partial charge < -0.3 is 24.6 Å². The predicted octanol–water partition coefficient (Wildman–Crippen LogP) is 2.58. The maximum Gasteiger partial charge on any atom is 0.317 e. The zero-order valence-corrected chi connectivity index (χ0v) is 19.8. The van der Waals surface area contributed by atoms with Crippen molar-refractivity contribution in [2.24, 2.45) is 0 Å². The van der Waals surface area contributed by atoms with Gasteiger partial charge in [-0.25, -0.2) is 4.79 Å². The van der Waals surface area contributed by atoms with Crippen molar-refractivity contribution in [2.75, 3.05) is 54.0 Å². The van der Waals surface area contributed by atoms with Gasteiger partial charge in [0.1, 0.15) is 11.5 Å². The highest BCUT2D eigenvalue weighted by Crippen LogP contribution is 2.25. The summed E-state index contributed by atoms with van der Waals surface area (Å²) in [6.07, 6.45) is 0.300. The van der Waals surface area contributed by atoms with Crippen molar-refractivity contribution in [1.82, 2.24) is 20.0 Å². The van der Waals surface area contributed by atoms with Crippen LogP contribution < -0.4 is 14.8 Å². The molecule has 8 heteroatoms. The minimum Gasteiger partial charge on any atom is -0.497 e. The van der Waals surface area contributed by atoms with E-state index in [9.17, 15) is 9.59 Å².